The number of aliphatic hydroxyl groups is 1. The van der Waals surface area contributed by atoms with Gasteiger partial charge >= 0.3 is 0 Å². The summed E-state index contributed by atoms with van der Waals surface area (Å²) in [5.41, 5.74) is 0.561. The highest BCUT2D eigenvalue weighted by molar-refractivity contribution is 7.14. The largest absolute Gasteiger partial charge is 0.394 e. The van der Waals surface area contributed by atoms with Crippen molar-refractivity contribution < 1.29 is 9.90 Å². The molecule has 102 valence electrons. The normalized spacial score (nSPS) is 11.6. The molecule has 0 bridgehead atoms. The molecule has 5 nitrogen and oxygen atoms in total. The quantitative estimate of drug-likeness (QED) is 0.820. The van der Waals surface area contributed by atoms with Gasteiger partial charge in [0.2, 0.25) is 5.91 Å². The van der Waals surface area contributed by atoms with Gasteiger partial charge in [-0.25, -0.2) is 4.98 Å². The number of carbonyl (C=O) groups is 1. The molecule has 0 unspecified atom stereocenters. The summed E-state index contributed by atoms with van der Waals surface area (Å²) < 4.78 is 0. The van der Waals surface area contributed by atoms with Crippen LogP contribution in [0, 0.1) is 0 Å². The SMILES string of the molecule is CCN(C(C)=O)c1nc(CNC(C)(C)CO)cs1. The summed E-state index contributed by atoms with van der Waals surface area (Å²) in [5, 5.41) is 15.0. The maximum absolute atomic E-state index is 11.4. The fourth-order valence-electron chi connectivity index (χ4n) is 1.38. The van der Waals surface area contributed by atoms with Crippen LogP contribution in [-0.2, 0) is 11.3 Å². The van der Waals surface area contributed by atoms with Crippen molar-refractivity contribution >= 4 is 22.4 Å². The van der Waals surface area contributed by atoms with Gasteiger partial charge in [-0.2, -0.15) is 0 Å². The highest BCUT2D eigenvalue weighted by Gasteiger charge is 2.17. The van der Waals surface area contributed by atoms with Gasteiger partial charge in [-0.1, -0.05) is 0 Å². The van der Waals surface area contributed by atoms with E-state index in [1.807, 2.05) is 26.2 Å². The summed E-state index contributed by atoms with van der Waals surface area (Å²) in [6.07, 6.45) is 0. The van der Waals surface area contributed by atoms with E-state index < -0.39 is 0 Å². The number of anilines is 1. The first-order valence-corrected chi connectivity index (χ1v) is 6.86. The number of rotatable bonds is 6. The Morgan fingerprint density at radius 2 is 2.28 bits per heavy atom. The average molecular weight is 271 g/mol. The maximum Gasteiger partial charge on any atom is 0.225 e. The molecule has 1 rings (SSSR count). The van der Waals surface area contributed by atoms with Crippen molar-refractivity contribution in [1.29, 1.82) is 0 Å². The number of aliphatic hydroxyl groups excluding tert-OH is 1. The molecule has 0 fully saturated rings. The first kappa shape index (κ1) is 15.1. The Labute approximate surface area is 112 Å². The number of thiazole rings is 1. The van der Waals surface area contributed by atoms with E-state index in [1.54, 1.807) is 4.90 Å². The lowest BCUT2D eigenvalue weighted by Crippen LogP contribution is -2.42. The van der Waals surface area contributed by atoms with Crippen LogP contribution in [0.1, 0.15) is 33.4 Å². The van der Waals surface area contributed by atoms with Gasteiger partial charge in [-0.15, -0.1) is 11.3 Å². The molecule has 0 aliphatic rings. The third kappa shape index (κ3) is 4.04. The Kier molecular flexibility index (Phi) is 5.25. The van der Waals surface area contributed by atoms with E-state index >= 15 is 0 Å². The van der Waals surface area contributed by atoms with Crippen LogP contribution in [-0.4, -0.2) is 34.7 Å². The Morgan fingerprint density at radius 1 is 1.61 bits per heavy atom. The van der Waals surface area contributed by atoms with Crippen LogP contribution in [0.15, 0.2) is 5.38 Å². The monoisotopic (exact) mass is 271 g/mol. The third-order valence-electron chi connectivity index (χ3n) is 2.61. The summed E-state index contributed by atoms with van der Waals surface area (Å²) in [6, 6.07) is 0. The molecule has 0 atom stereocenters. The van der Waals surface area contributed by atoms with Crippen LogP contribution in [0.2, 0.25) is 0 Å². The second-order valence-corrected chi connectivity index (χ2v) is 5.62. The van der Waals surface area contributed by atoms with E-state index in [0.717, 1.165) is 10.8 Å². The second-order valence-electron chi connectivity index (χ2n) is 4.78. The Morgan fingerprint density at radius 3 is 2.78 bits per heavy atom. The molecular formula is C12H21N3O2S. The van der Waals surface area contributed by atoms with Gasteiger partial charge < -0.3 is 10.4 Å². The molecule has 0 aromatic carbocycles. The molecule has 0 aliphatic carbocycles. The lowest BCUT2D eigenvalue weighted by molar-refractivity contribution is -0.116. The lowest BCUT2D eigenvalue weighted by atomic mass is 10.1. The van der Waals surface area contributed by atoms with E-state index in [1.165, 1.54) is 18.3 Å². The number of nitrogens with one attached hydrogen (secondary N) is 1. The number of hydrogen-bond donors (Lipinski definition) is 2. The van der Waals surface area contributed by atoms with Crippen molar-refractivity contribution in [3.63, 3.8) is 0 Å². The molecule has 1 aromatic heterocycles. The summed E-state index contributed by atoms with van der Waals surface area (Å²) in [4.78, 5) is 17.5. The maximum atomic E-state index is 11.4. The minimum atomic E-state index is -0.325. The van der Waals surface area contributed by atoms with Gasteiger partial charge in [-0.05, 0) is 20.8 Å². The molecule has 1 aromatic rings. The number of amides is 1. The molecule has 0 radical (unpaired) electrons. The van der Waals surface area contributed by atoms with Crippen LogP contribution >= 0.6 is 11.3 Å². The average Bonchev–Trinajstić information content (AvgIpc) is 2.76. The fraction of sp³-hybridized carbons (Fsp3) is 0.667. The highest BCUT2D eigenvalue weighted by atomic mass is 32.1. The predicted octanol–water partition coefficient (Wildman–Crippen LogP) is 1.38. The van der Waals surface area contributed by atoms with Crippen molar-refractivity contribution in [2.45, 2.75) is 39.8 Å². The summed E-state index contributed by atoms with van der Waals surface area (Å²) in [7, 11) is 0. The van der Waals surface area contributed by atoms with Crippen molar-refractivity contribution in [3.05, 3.63) is 11.1 Å². The van der Waals surface area contributed by atoms with Crippen LogP contribution in [0.3, 0.4) is 0 Å². The first-order valence-electron chi connectivity index (χ1n) is 5.98. The van der Waals surface area contributed by atoms with E-state index in [-0.39, 0.29) is 18.1 Å². The van der Waals surface area contributed by atoms with Crippen molar-refractivity contribution in [1.82, 2.24) is 10.3 Å². The topological polar surface area (TPSA) is 65.5 Å². The number of carbonyl (C=O) groups excluding carboxylic acids is 1. The Hall–Kier alpha value is -0.980. The van der Waals surface area contributed by atoms with Gasteiger partial charge in [0.15, 0.2) is 5.13 Å². The molecule has 1 amide bonds. The van der Waals surface area contributed by atoms with Gasteiger partial charge in [0.05, 0.1) is 12.3 Å². The van der Waals surface area contributed by atoms with E-state index in [9.17, 15) is 4.79 Å². The van der Waals surface area contributed by atoms with E-state index in [2.05, 4.69) is 10.3 Å². The Bertz CT molecular complexity index is 404. The van der Waals surface area contributed by atoms with Crippen molar-refractivity contribution in [2.24, 2.45) is 0 Å². The number of aromatic nitrogens is 1. The van der Waals surface area contributed by atoms with E-state index in [0.29, 0.717) is 13.1 Å². The van der Waals surface area contributed by atoms with Gasteiger partial charge in [0.25, 0.3) is 0 Å². The number of hydrogen-bond acceptors (Lipinski definition) is 5. The zero-order chi connectivity index (χ0) is 13.8. The molecule has 0 spiro atoms. The van der Waals surface area contributed by atoms with Crippen molar-refractivity contribution in [2.75, 3.05) is 18.1 Å². The van der Waals surface area contributed by atoms with Crippen LogP contribution in [0.5, 0.6) is 0 Å². The minimum absolute atomic E-state index is 0.00190. The van der Waals surface area contributed by atoms with Crippen LogP contribution in [0.25, 0.3) is 0 Å². The summed E-state index contributed by atoms with van der Waals surface area (Å²) in [6.45, 7) is 8.59. The minimum Gasteiger partial charge on any atom is -0.394 e. The molecule has 0 saturated carbocycles. The third-order valence-corrected chi connectivity index (χ3v) is 3.52. The van der Waals surface area contributed by atoms with Gasteiger partial charge in [-0.3, -0.25) is 9.69 Å². The first-order chi connectivity index (χ1) is 8.39. The zero-order valence-corrected chi connectivity index (χ0v) is 12.2. The second kappa shape index (κ2) is 6.26. The molecule has 0 saturated heterocycles. The van der Waals surface area contributed by atoms with Gasteiger partial charge in [0.1, 0.15) is 0 Å². The van der Waals surface area contributed by atoms with Gasteiger partial charge in [0, 0.05) is 30.9 Å². The van der Waals surface area contributed by atoms with Crippen LogP contribution < -0.4 is 10.2 Å². The summed E-state index contributed by atoms with van der Waals surface area (Å²) >= 11 is 1.46. The molecule has 6 heteroatoms. The van der Waals surface area contributed by atoms with Crippen molar-refractivity contribution in [3.8, 4) is 0 Å². The highest BCUT2D eigenvalue weighted by Crippen LogP contribution is 2.20. The zero-order valence-electron chi connectivity index (χ0n) is 11.4. The number of nitrogens with zero attached hydrogens (tertiary/aromatic N) is 2. The smallest absolute Gasteiger partial charge is 0.225 e. The van der Waals surface area contributed by atoms with Crippen LogP contribution in [0.4, 0.5) is 5.13 Å². The molecular weight excluding hydrogens is 250 g/mol. The van der Waals surface area contributed by atoms with E-state index in [4.69, 9.17) is 5.11 Å². The fourth-order valence-corrected chi connectivity index (χ4v) is 2.31. The summed E-state index contributed by atoms with van der Waals surface area (Å²) in [5.74, 6) is 0.00190. The predicted molar refractivity (Wildman–Crippen MR) is 73.8 cm³/mol. The molecule has 2 N–H and O–H groups in total. The standard InChI is InChI=1S/C12H21N3O2S/c1-5-15(9(2)17)11-14-10(7-18-11)6-13-12(3,4)8-16/h7,13,16H,5-6,8H2,1-4H3. The molecule has 18 heavy (non-hydrogen) atoms. The lowest BCUT2D eigenvalue weighted by Gasteiger charge is -2.22. The Balaban J connectivity index is 2.66. The molecule has 0 aliphatic heterocycles. The molecule has 1 heterocycles.